The maximum absolute atomic E-state index is 12.9. The third kappa shape index (κ3) is 67.6. The zero-order valence-electron chi connectivity index (χ0n) is 54.8. The fourth-order valence-corrected chi connectivity index (χ4v) is 10.6. The second-order valence-corrected chi connectivity index (χ2v) is 24.1. The zero-order valence-corrected chi connectivity index (χ0v) is 54.8. The van der Waals surface area contributed by atoms with Crippen LogP contribution in [0.25, 0.3) is 0 Å². The molecule has 0 aliphatic carbocycles. The van der Waals surface area contributed by atoms with Gasteiger partial charge in [-0.2, -0.15) is 0 Å². The number of carbonyl (C=O) groups excluding carboxylic acids is 3. The van der Waals surface area contributed by atoms with Gasteiger partial charge < -0.3 is 14.2 Å². The first-order valence-corrected chi connectivity index (χ1v) is 35.9. The van der Waals surface area contributed by atoms with Gasteiger partial charge in [0.1, 0.15) is 13.2 Å². The van der Waals surface area contributed by atoms with Crippen LogP contribution < -0.4 is 0 Å². The first kappa shape index (κ1) is 78.8. The van der Waals surface area contributed by atoms with Gasteiger partial charge >= 0.3 is 17.9 Å². The molecule has 0 heterocycles. The Bertz CT molecular complexity index is 1500. The lowest BCUT2D eigenvalue weighted by Gasteiger charge is -2.18. The minimum Gasteiger partial charge on any atom is -0.462 e. The average molecular weight is 1150 g/mol. The molecule has 0 N–H and O–H groups in total. The second kappa shape index (κ2) is 70.3. The van der Waals surface area contributed by atoms with Gasteiger partial charge in [-0.1, -0.05) is 338 Å². The summed E-state index contributed by atoms with van der Waals surface area (Å²) in [5.74, 6) is -0.856. The fourth-order valence-electron chi connectivity index (χ4n) is 10.6. The monoisotopic (exact) mass is 1150 g/mol. The van der Waals surface area contributed by atoms with Crippen LogP contribution >= 0.6 is 0 Å². The maximum atomic E-state index is 12.9. The molecule has 0 saturated heterocycles. The molecular formula is C76H136O6. The summed E-state index contributed by atoms with van der Waals surface area (Å²) in [6.07, 6.45) is 92.3. The lowest BCUT2D eigenvalue weighted by atomic mass is 10.0. The summed E-state index contributed by atoms with van der Waals surface area (Å²) in [4.78, 5) is 38.4. The molecule has 0 aromatic heterocycles. The van der Waals surface area contributed by atoms with Crippen LogP contribution in [0.3, 0.4) is 0 Å². The van der Waals surface area contributed by atoms with Crippen molar-refractivity contribution in [2.45, 2.75) is 380 Å². The number of unbranched alkanes of at least 4 members (excludes halogenated alkanes) is 43. The Balaban J connectivity index is 4.11. The molecule has 1 unspecified atom stereocenters. The molecular weight excluding hydrogens is 1010 g/mol. The summed E-state index contributed by atoms with van der Waals surface area (Å²) in [7, 11) is 0. The first-order valence-electron chi connectivity index (χ1n) is 35.9. The van der Waals surface area contributed by atoms with Crippen molar-refractivity contribution in [2.24, 2.45) is 0 Å². The minimum atomic E-state index is -0.776. The van der Waals surface area contributed by atoms with E-state index in [0.717, 1.165) is 96.3 Å². The molecule has 0 bridgehead atoms. The Hall–Kier alpha value is -3.15. The smallest absolute Gasteiger partial charge is 0.306 e. The predicted molar refractivity (Wildman–Crippen MR) is 358 cm³/mol. The number of hydrogen-bond acceptors (Lipinski definition) is 6. The van der Waals surface area contributed by atoms with E-state index < -0.39 is 6.10 Å². The molecule has 82 heavy (non-hydrogen) atoms. The molecule has 0 spiro atoms. The van der Waals surface area contributed by atoms with Gasteiger partial charge in [0.25, 0.3) is 0 Å². The third-order valence-corrected chi connectivity index (χ3v) is 15.9. The standard InChI is InChI=1S/C76H136O6/c1-4-7-10-13-16-19-22-25-28-29-30-31-32-33-34-35-36-37-38-39-40-41-42-43-44-45-46-47-49-51-54-57-60-63-66-69-75(78)81-72-73(71-80-74(77)68-65-62-59-56-53-50-27-24-21-18-15-12-9-6-3)82-76(79)70-67-64-61-58-55-52-48-26-23-20-17-14-11-8-5-2/h7,10,16,19,25-26,28,30-31,33-34,48,73H,4-6,8-9,11-15,17-18,20-24,27,29,32,35-47,49-72H2,1-3H3/b10-7-,19-16-,28-25-,31-30-,34-33-,48-26-. The van der Waals surface area contributed by atoms with Crippen LogP contribution in [0.4, 0.5) is 0 Å². The van der Waals surface area contributed by atoms with E-state index in [1.54, 1.807) is 0 Å². The zero-order chi connectivity index (χ0) is 59.2. The highest BCUT2D eigenvalue weighted by Crippen LogP contribution is 2.18. The van der Waals surface area contributed by atoms with Crippen LogP contribution in [-0.2, 0) is 28.6 Å². The average Bonchev–Trinajstić information content (AvgIpc) is 3.48. The minimum absolute atomic E-state index is 0.0716. The highest BCUT2D eigenvalue weighted by Gasteiger charge is 2.19. The number of carbonyl (C=O) groups is 3. The Morgan fingerprint density at radius 3 is 0.756 bits per heavy atom. The van der Waals surface area contributed by atoms with Crippen molar-refractivity contribution in [3.63, 3.8) is 0 Å². The van der Waals surface area contributed by atoms with E-state index in [1.807, 2.05) is 0 Å². The molecule has 0 fully saturated rings. The van der Waals surface area contributed by atoms with E-state index in [-0.39, 0.29) is 31.1 Å². The quantitative estimate of drug-likeness (QED) is 0.0261. The molecule has 0 amide bonds. The lowest BCUT2D eigenvalue weighted by Crippen LogP contribution is -2.30. The van der Waals surface area contributed by atoms with Crippen molar-refractivity contribution in [1.82, 2.24) is 0 Å². The van der Waals surface area contributed by atoms with Crippen molar-refractivity contribution in [1.29, 1.82) is 0 Å². The number of allylic oxidation sites excluding steroid dienone is 12. The van der Waals surface area contributed by atoms with Crippen molar-refractivity contribution in [2.75, 3.05) is 13.2 Å². The highest BCUT2D eigenvalue weighted by atomic mass is 16.6. The van der Waals surface area contributed by atoms with Crippen LogP contribution in [0.1, 0.15) is 374 Å². The summed E-state index contributed by atoms with van der Waals surface area (Å²) in [5, 5.41) is 0. The molecule has 0 aliphatic rings. The topological polar surface area (TPSA) is 78.9 Å². The molecule has 0 aromatic rings. The van der Waals surface area contributed by atoms with E-state index in [2.05, 4.69) is 93.7 Å². The summed E-state index contributed by atoms with van der Waals surface area (Å²) < 4.78 is 17.0. The Morgan fingerprint density at radius 2 is 0.476 bits per heavy atom. The van der Waals surface area contributed by atoms with Crippen LogP contribution in [-0.4, -0.2) is 37.2 Å². The number of ether oxygens (including phenoxy) is 3. The van der Waals surface area contributed by atoms with E-state index in [9.17, 15) is 14.4 Å². The van der Waals surface area contributed by atoms with Gasteiger partial charge in [0.2, 0.25) is 0 Å². The van der Waals surface area contributed by atoms with Crippen LogP contribution in [0, 0.1) is 0 Å². The molecule has 0 rings (SSSR count). The molecule has 0 aliphatic heterocycles. The van der Waals surface area contributed by atoms with Crippen LogP contribution in [0.2, 0.25) is 0 Å². The summed E-state index contributed by atoms with van der Waals surface area (Å²) in [6, 6.07) is 0. The van der Waals surface area contributed by atoms with Gasteiger partial charge in [-0.25, -0.2) is 0 Å². The SMILES string of the molecule is CC/C=C\C/C=C\C/C=C\C/C=C\C/C=C\CCCCCCCCCCCCCCCCCCCCCC(=O)OCC(COC(=O)CCCCCCCCCCCCCCCC)OC(=O)CCCCCCC/C=C\CCCCCCCC. The highest BCUT2D eigenvalue weighted by molar-refractivity contribution is 5.71. The molecule has 0 radical (unpaired) electrons. The van der Waals surface area contributed by atoms with Gasteiger partial charge in [0, 0.05) is 19.3 Å². The van der Waals surface area contributed by atoms with E-state index in [0.29, 0.717) is 19.3 Å². The summed E-state index contributed by atoms with van der Waals surface area (Å²) in [5.41, 5.74) is 0. The molecule has 1 atom stereocenters. The molecule has 6 nitrogen and oxygen atoms in total. The number of rotatable bonds is 66. The van der Waals surface area contributed by atoms with E-state index >= 15 is 0 Å². The predicted octanol–water partition coefficient (Wildman–Crippen LogP) is 24.8. The third-order valence-electron chi connectivity index (χ3n) is 15.9. The fraction of sp³-hybridized carbons (Fsp3) is 0.803. The molecule has 6 heteroatoms. The largest absolute Gasteiger partial charge is 0.462 e. The van der Waals surface area contributed by atoms with Crippen LogP contribution in [0.5, 0.6) is 0 Å². The normalized spacial score (nSPS) is 12.5. The Kier molecular flexibility index (Phi) is 67.6. The van der Waals surface area contributed by atoms with Crippen molar-refractivity contribution >= 4 is 17.9 Å². The molecule has 0 saturated carbocycles. The van der Waals surface area contributed by atoms with Crippen molar-refractivity contribution < 1.29 is 28.6 Å². The Labute approximate surface area is 510 Å². The lowest BCUT2D eigenvalue weighted by molar-refractivity contribution is -0.167. The number of hydrogen-bond donors (Lipinski definition) is 0. The van der Waals surface area contributed by atoms with Gasteiger partial charge in [-0.3, -0.25) is 14.4 Å². The van der Waals surface area contributed by atoms with Gasteiger partial charge in [-0.15, -0.1) is 0 Å². The Morgan fingerprint density at radius 1 is 0.256 bits per heavy atom. The van der Waals surface area contributed by atoms with Crippen molar-refractivity contribution in [3.05, 3.63) is 72.9 Å². The van der Waals surface area contributed by atoms with E-state index in [1.165, 1.54) is 238 Å². The number of esters is 3. The summed E-state index contributed by atoms with van der Waals surface area (Å²) in [6.45, 7) is 6.57. The van der Waals surface area contributed by atoms with Crippen LogP contribution in [0.15, 0.2) is 72.9 Å². The summed E-state index contributed by atoms with van der Waals surface area (Å²) >= 11 is 0. The van der Waals surface area contributed by atoms with Gasteiger partial charge in [0.15, 0.2) is 6.10 Å². The van der Waals surface area contributed by atoms with Gasteiger partial charge in [-0.05, 0) is 89.9 Å². The maximum Gasteiger partial charge on any atom is 0.306 e. The van der Waals surface area contributed by atoms with E-state index in [4.69, 9.17) is 14.2 Å². The molecule has 0 aromatic carbocycles. The van der Waals surface area contributed by atoms with Crippen molar-refractivity contribution in [3.8, 4) is 0 Å². The first-order chi connectivity index (χ1) is 40.5. The second-order valence-electron chi connectivity index (χ2n) is 24.1. The van der Waals surface area contributed by atoms with Gasteiger partial charge in [0.05, 0.1) is 0 Å². The molecule has 476 valence electrons.